The number of carbonyl (C=O) groups excluding carboxylic acids is 2. The van der Waals surface area contributed by atoms with Gasteiger partial charge in [-0.25, -0.2) is 4.39 Å². The number of allylic oxidation sites excluding steroid dienone is 3. The molecule has 5 rings (SSSR count). The highest BCUT2D eigenvalue weighted by Crippen LogP contribution is 2.48. The molecule has 1 aliphatic carbocycles. The number of rotatable bonds is 6. The minimum absolute atomic E-state index is 0.00121. The van der Waals surface area contributed by atoms with Crippen molar-refractivity contribution in [3.63, 3.8) is 0 Å². The van der Waals surface area contributed by atoms with Gasteiger partial charge in [-0.05, 0) is 43.2 Å². The predicted octanol–water partition coefficient (Wildman–Crippen LogP) is 6.02. The molecule has 198 valence electrons. The molecule has 0 saturated heterocycles. The Balaban J connectivity index is 1.45. The van der Waals surface area contributed by atoms with Gasteiger partial charge in [-0.3, -0.25) is 14.5 Å². The van der Waals surface area contributed by atoms with Gasteiger partial charge in [0, 0.05) is 39.0 Å². The zero-order valence-corrected chi connectivity index (χ0v) is 23.2. The summed E-state index contributed by atoms with van der Waals surface area (Å²) < 4.78 is 15.5. The predicted molar refractivity (Wildman–Crippen MR) is 150 cm³/mol. The molecule has 0 fully saturated rings. The van der Waals surface area contributed by atoms with E-state index in [1.54, 1.807) is 29.2 Å². The van der Waals surface area contributed by atoms with Crippen molar-refractivity contribution in [3.8, 4) is 6.07 Å². The number of thioether (sulfide) groups is 1. The van der Waals surface area contributed by atoms with Gasteiger partial charge < -0.3 is 11.1 Å². The number of nitriles is 1. The van der Waals surface area contributed by atoms with Gasteiger partial charge in [-0.15, -0.1) is 10.2 Å². The van der Waals surface area contributed by atoms with Crippen LogP contribution in [0.25, 0.3) is 0 Å². The van der Waals surface area contributed by atoms with Crippen molar-refractivity contribution in [2.45, 2.75) is 29.5 Å². The van der Waals surface area contributed by atoms with E-state index in [0.717, 1.165) is 11.3 Å². The summed E-state index contributed by atoms with van der Waals surface area (Å²) in [6.45, 7) is 0. The van der Waals surface area contributed by atoms with Crippen LogP contribution < -0.4 is 16.0 Å². The summed E-state index contributed by atoms with van der Waals surface area (Å²) in [5.74, 6) is -2.02. The minimum atomic E-state index is -1.03. The molecule has 3 N–H and O–H groups in total. The van der Waals surface area contributed by atoms with Crippen LogP contribution >= 0.6 is 46.3 Å². The Bertz CT molecular complexity index is 1580. The molecule has 1 atom stereocenters. The van der Waals surface area contributed by atoms with E-state index in [1.807, 2.05) is 0 Å². The number of carbonyl (C=O) groups is 2. The molecule has 1 aromatic heterocycles. The van der Waals surface area contributed by atoms with Crippen LogP contribution in [0, 0.1) is 17.1 Å². The van der Waals surface area contributed by atoms with E-state index in [4.69, 9.17) is 28.9 Å². The van der Waals surface area contributed by atoms with Gasteiger partial charge in [0.15, 0.2) is 10.1 Å². The highest BCUT2D eigenvalue weighted by atomic mass is 35.5. The monoisotopic (exact) mass is 600 g/mol. The van der Waals surface area contributed by atoms with Crippen LogP contribution in [0.3, 0.4) is 0 Å². The summed E-state index contributed by atoms with van der Waals surface area (Å²) in [7, 11) is 0. The molecule has 0 spiro atoms. The van der Waals surface area contributed by atoms with E-state index in [1.165, 1.54) is 30.0 Å². The Hall–Kier alpha value is -3.43. The van der Waals surface area contributed by atoms with Gasteiger partial charge in [0.25, 0.3) is 0 Å². The lowest BCUT2D eigenvalue weighted by Crippen LogP contribution is -2.39. The van der Waals surface area contributed by atoms with Crippen LogP contribution in [0.15, 0.2) is 69.5 Å². The number of benzene rings is 2. The summed E-state index contributed by atoms with van der Waals surface area (Å²) in [6.07, 6.45) is 1.28. The Morgan fingerprint density at radius 3 is 2.79 bits per heavy atom. The third-order valence-corrected chi connectivity index (χ3v) is 8.83. The second-order valence-electron chi connectivity index (χ2n) is 8.65. The van der Waals surface area contributed by atoms with Crippen molar-refractivity contribution < 1.29 is 14.0 Å². The molecule has 1 aliphatic heterocycles. The van der Waals surface area contributed by atoms with Crippen LogP contribution in [0.2, 0.25) is 10.0 Å². The summed E-state index contributed by atoms with van der Waals surface area (Å²) in [5.41, 5.74) is 7.95. The zero-order valence-electron chi connectivity index (χ0n) is 20.1. The van der Waals surface area contributed by atoms with E-state index in [0.29, 0.717) is 38.7 Å². The number of halogens is 3. The lowest BCUT2D eigenvalue weighted by atomic mass is 9.75. The largest absolute Gasteiger partial charge is 0.384 e. The fraction of sp³-hybridized carbons (Fsp3) is 0.192. The van der Waals surface area contributed by atoms with Crippen LogP contribution in [-0.2, 0) is 9.59 Å². The van der Waals surface area contributed by atoms with Crippen LogP contribution in [0.4, 0.5) is 15.2 Å². The number of ketones is 1. The van der Waals surface area contributed by atoms with E-state index in [2.05, 4.69) is 21.6 Å². The maximum absolute atomic E-state index is 15.0. The number of hydrogen-bond donors (Lipinski definition) is 2. The van der Waals surface area contributed by atoms with Crippen LogP contribution in [0.5, 0.6) is 0 Å². The van der Waals surface area contributed by atoms with Crippen molar-refractivity contribution in [3.05, 3.63) is 86.6 Å². The molecule has 0 bridgehead atoms. The lowest BCUT2D eigenvalue weighted by Gasteiger charge is -2.38. The maximum atomic E-state index is 15.0. The van der Waals surface area contributed by atoms with Crippen LogP contribution in [0.1, 0.15) is 30.7 Å². The SMILES string of the molecule is N#CC1=C(N)N(c2nnc(SCC(=O)Nc3cccc(Cl)c3)s2)C2=C(C(=O)CCC2)C1c1c(F)cccc1Cl. The van der Waals surface area contributed by atoms with E-state index >= 15 is 4.39 Å². The fourth-order valence-electron chi connectivity index (χ4n) is 4.62. The fourth-order valence-corrected chi connectivity index (χ4v) is 6.76. The van der Waals surface area contributed by atoms with E-state index < -0.39 is 11.7 Å². The average molecular weight is 602 g/mol. The van der Waals surface area contributed by atoms with Gasteiger partial charge in [-0.1, -0.05) is 58.4 Å². The minimum Gasteiger partial charge on any atom is -0.384 e. The van der Waals surface area contributed by atoms with Crippen molar-refractivity contribution in [2.24, 2.45) is 5.73 Å². The van der Waals surface area contributed by atoms with Gasteiger partial charge in [0.05, 0.1) is 23.3 Å². The van der Waals surface area contributed by atoms with Gasteiger partial charge in [0.1, 0.15) is 11.6 Å². The molecule has 2 aliphatic rings. The highest BCUT2D eigenvalue weighted by Gasteiger charge is 2.42. The summed E-state index contributed by atoms with van der Waals surface area (Å²) >= 11 is 14.7. The van der Waals surface area contributed by atoms with Gasteiger partial charge in [-0.2, -0.15) is 5.26 Å². The number of aromatic nitrogens is 2. The lowest BCUT2D eigenvalue weighted by molar-refractivity contribution is -0.116. The van der Waals surface area contributed by atoms with Gasteiger partial charge in [0.2, 0.25) is 11.0 Å². The first-order valence-electron chi connectivity index (χ1n) is 11.7. The Morgan fingerprint density at radius 2 is 2.05 bits per heavy atom. The smallest absolute Gasteiger partial charge is 0.234 e. The first-order valence-corrected chi connectivity index (χ1v) is 14.3. The molecule has 0 radical (unpaired) electrons. The molecule has 1 unspecified atom stereocenters. The molecule has 0 saturated carbocycles. The number of amides is 1. The van der Waals surface area contributed by atoms with Crippen molar-refractivity contribution in [2.75, 3.05) is 16.0 Å². The zero-order chi connectivity index (χ0) is 27.7. The average Bonchev–Trinajstić information content (AvgIpc) is 3.36. The highest BCUT2D eigenvalue weighted by molar-refractivity contribution is 8.01. The Kier molecular flexibility index (Phi) is 7.91. The molecule has 2 aromatic carbocycles. The summed E-state index contributed by atoms with van der Waals surface area (Å²) in [4.78, 5) is 27.2. The molecule has 13 heteroatoms. The maximum Gasteiger partial charge on any atom is 0.234 e. The molecule has 3 aromatic rings. The molecule has 1 amide bonds. The number of Topliss-reactive ketones (excluding diaryl/α,β-unsaturated/α-hetero) is 1. The standard InChI is InChI=1S/C26H19Cl2FN6O2S2/c27-13-4-1-5-14(10-13)32-20(37)12-38-26-34-33-25(39-26)35-18-8-3-9-19(36)23(18)21(15(11-30)24(35)31)22-16(28)6-2-7-17(22)29/h1-2,4-7,10,21H,3,8-9,12,31H2,(H,32,37). The quantitative estimate of drug-likeness (QED) is 0.329. The number of nitrogens with one attached hydrogen (secondary N) is 1. The van der Waals surface area contributed by atoms with E-state index in [9.17, 15) is 14.9 Å². The molecule has 39 heavy (non-hydrogen) atoms. The molecule has 8 nitrogen and oxygen atoms in total. The van der Waals surface area contributed by atoms with Crippen molar-refractivity contribution >= 4 is 68.8 Å². The van der Waals surface area contributed by atoms with Crippen molar-refractivity contribution in [1.82, 2.24) is 10.2 Å². The Morgan fingerprint density at radius 1 is 1.26 bits per heavy atom. The number of nitrogens with zero attached hydrogens (tertiary/aromatic N) is 4. The van der Waals surface area contributed by atoms with E-state index in [-0.39, 0.29) is 51.4 Å². The molecular formula is C26H19Cl2FN6O2S2. The van der Waals surface area contributed by atoms with Crippen molar-refractivity contribution in [1.29, 1.82) is 5.26 Å². The van der Waals surface area contributed by atoms with Crippen LogP contribution in [-0.4, -0.2) is 27.6 Å². The normalized spacial score (nSPS) is 17.2. The first kappa shape index (κ1) is 27.1. The second-order valence-corrected chi connectivity index (χ2v) is 11.7. The van der Waals surface area contributed by atoms with Gasteiger partial charge >= 0.3 is 0 Å². The number of nitrogens with two attached hydrogens (primary N) is 1. The summed E-state index contributed by atoms with van der Waals surface area (Å²) in [6, 6.07) is 13.1. The first-order chi connectivity index (χ1) is 18.8. The topological polar surface area (TPSA) is 125 Å². The summed E-state index contributed by atoms with van der Waals surface area (Å²) in [5, 5.41) is 22.2. The Labute approximate surface area is 241 Å². The third kappa shape index (κ3) is 5.38. The number of anilines is 2. The number of hydrogen-bond acceptors (Lipinski definition) is 9. The third-order valence-electron chi connectivity index (χ3n) is 6.22. The molecule has 2 heterocycles. The molecular weight excluding hydrogens is 582 g/mol. The second kappa shape index (κ2) is 11.4.